The van der Waals surface area contributed by atoms with Gasteiger partial charge in [0.25, 0.3) is 0 Å². The van der Waals surface area contributed by atoms with E-state index >= 15 is 0 Å². The first-order chi connectivity index (χ1) is 9.61. The highest BCUT2D eigenvalue weighted by Gasteiger charge is 2.37. The van der Waals surface area contributed by atoms with E-state index in [2.05, 4.69) is 0 Å². The maximum absolute atomic E-state index is 12.6. The number of halogens is 3. The number of aryl methyl sites for hydroxylation is 1. The van der Waals surface area contributed by atoms with Crippen LogP contribution in [0.5, 0.6) is 0 Å². The average molecular weight is 324 g/mol. The zero-order valence-electron chi connectivity index (χ0n) is 11.9. The van der Waals surface area contributed by atoms with E-state index in [1.54, 1.807) is 26.0 Å². The topological polar surface area (TPSA) is 63.4 Å². The van der Waals surface area contributed by atoms with E-state index in [0.717, 1.165) is 0 Å². The zero-order valence-corrected chi connectivity index (χ0v) is 12.8. The summed E-state index contributed by atoms with van der Waals surface area (Å²) >= 11 is 0. The number of alkyl halides is 3. The third-order valence-electron chi connectivity index (χ3n) is 2.93. The number of sulfonamides is 1. The van der Waals surface area contributed by atoms with E-state index in [0.29, 0.717) is 21.9 Å². The minimum Gasteiger partial charge on any atom is -0.326 e. The van der Waals surface area contributed by atoms with Crippen LogP contribution in [0.25, 0.3) is 0 Å². The molecule has 0 spiro atoms. The molecule has 1 aromatic carbocycles. The van der Waals surface area contributed by atoms with Crippen molar-refractivity contribution in [3.63, 3.8) is 0 Å². The summed E-state index contributed by atoms with van der Waals surface area (Å²) in [4.78, 5) is -0.122. The van der Waals surface area contributed by atoms with Crippen molar-refractivity contribution in [1.29, 1.82) is 0 Å². The standard InChI is InChI=1S/C13H19F3N2O2S/c1-3-6-18(9-13(14,15)16)21(19,20)12-7-11(8-17)5-4-10(12)2/h4-5,7H,3,6,8-9,17H2,1-2H3. The Bertz CT molecular complexity index is 586. The summed E-state index contributed by atoms with van der Waals surface area (Å²) in [6.07, 6.45) is -4.29. The van der Waals surface area contributed by atoms with Crippen molar-refractivity contribution in [3.8, 4) is 0 Å². The first kappa shape index (κ1) is 17.9. The van der Waals surface area contributed by atoms with Crippen LogP contribution in [0.3, 0.4) is 0 Å². The molecule has 120 valence electrons. The molecule has 0 radical (unpaired) electrons. The number of nitrogens with zero attached hydrogens (tertiary/aromatic N) is 1. The van der Waals surface area contributed by atoms with Gasteiger partial charge in [-0.25, -0.2) is 8.42 Å². The Kier molecular flexibility index (Phi) is 5.77. The summed E-state index contributed by atoms with van der Waals surface area (Å²) in [7, 11) is -4.20. The Morgan fingerprint density at radius 2 is 1.90 bits per heavy atom. The van der Waals surface area contributed by atoms with E-state index in [1.807, 2.05) is 0 Å². The molecule has 0 aliphatic rings. The van der Waals surface area contributed by atoms with Gasteiger partial charge in [0.05, 0.1) is 4.90 Å². The molecule has 0 bridgehead atoms. The van der Waals surface area contributed by atoms with E-state index in [4.69, 9.17) is 5.73 Å². The van der Waals surface area contributed by atoms with Crippen LogP contribution in [0.4, 0.5) is 13.2 Å². The molecule has 0 fully saturated rings. The van der Waals surface area contributed by atoms with Crippen LogP contribution in [0.2, 0.25) is 0 Å². The predicted octanol–water partition coefficient (Wildman–Crippen LogP) is 2.42. The summed E-state index contributed by atoms with van der Waals surface area (Å²) in [6, 6.07) is 4.54. The van der Waals surface area contributed by atoms with Crippen LogP contribution in [-0.2, 0) is 16.6 Å². The Morgan fingerprint density at radius 3 is 2.38 bits per heavy atom. The molecule has 1 rings (SSSR count). The molecule has 0 atom stereocenters. The van der Waals surface area contributed by atoms with Gasteiger partial charge in [-0.05, 0) is 30.5 Å². The molecule has 0 unspecified atom stereocenters. The second kappa shape index (κ2) is 6.76. The molecule has 21 heavy (non-hydrogen) atoms. The first-order valence-corrected chi connectivity index (χ1v) is 7.92. The monoisotopic (exact) mass is 324 g/mol. The summed E-state index contributed by atoms with van der Waals surface area (Å²) in [5.74, 6) is 0. The van der Waals surface area contributed by atoms with Gasteiger partial charge in [0.2, 0.25) is 10.0 Å². The number of rotatable bonds is 6. The minimum atomic E-state index is -4.58. The molecule has 1 aromatic rings. The molecule has 0 aliphatic carbocycles. The summed E-state index contributed by atoms with van der Waals surface area (Å²) in [6.45, 7) is 1.62. The van der Waals surface area contributed by atoms with Gasteiger partial charge in [0.15, 0.2) is 0 Å². The second-order valence-corrected chi connectivity index (χ2v) is 6.66. The summed E-state index contributed by atoms with van der Waals surface area (Å²) in [5.41, 5.74) is 6.42. The highest BCUT2D eigenvalue weighted by Crippen LogP contribution is 2.25. The maximum Gasteiger partial charge on any atom is 0.402 e. The summed E-state index contributed by atoms with van der Waals surface area (Å²) in [5, 5.41) is 0. The molecule has 8 heteroatoms. The molecule has 0 aromatic heterocycles. The van der Waals surface area contributed by atoms with Crippen LogP contribution in [0.15, 0.2) is 23.1 Å². The Morgan fingerprint density at radius 1 is 1.29 bits per heavy atom. The average Bonchev–Trinajstić information content (AvgIpc) is 2.37. The second-order valence-electron chi connectivity index (χ2n) is 4.76. The van der Waals surface area contributed by atoms with Gasteiger partial charge < -0.3 is 5.73 Å². The lowest BCUT2D eigenvalue weighted by molar-refractivity contribution is -0.136. The third kappa shape index (κ3) is 4.69. The van der Waals surface area contributed by atoms with Gasteiger partial charge in [-0.2, -0.15) is 17.5 Å². The van der Waals surface area contributed by atoms with Crippen molar-refractivity contribution in [2.24, 2.45) is 5.73 Å². The van der Waals surface area contributed by atoms with Gasteiger partial charge in [-0.3, -0.25) is 0 Å². The molecule has 4 nitrogen and oxygen atoms in total. The van der Waals surface area contributed by atoms with Crippen molar-refractivity contribution >= 4 is 10.0 Å². The zero-order chi connectivity index (χ0) is 16.3. The molecule has 0 heterocycles. The highest BCUT2D eigenvalue weighted by molar-refractivity contribution is 7.89. The molecule has 0 saturated carbocycles. The van der Waals surface area contributed by atoms with Gasteiger partial charge in [0.1, 0.15) is 6.54 Å². The van der Waals surface area contributed by atoms with Gasteiger partial charge in [0, 0.05) is 13.1 Å². The van der Waals surface area contributed by atoms with Crippen LogP contribution < -0.4 is 5.73 Å². The van der Waals surface area contributed by atoms with Crippen LogP contribution >= 0.6 is 0 Å². The Hall–Kier alpha value is -1.12. The van der Waals surface area contributed by atoms with Gasteiger partial charge in [-0.1, -0.05) is 19.1 Å². The quantitative estimate of drug-likeness (QED) is 0.874. The lowest BCUT2D eigenvalue weighted by atomic mass is 10.1. The maximum atomic E-state index is 12.6. The molecule has 0 saturated heterocycles. The largest absolute Gasteiger partial charge is 0.402 e. The summed E-state index contributed by atoms with van der Waals surface area (Å²) < 4.78 is 63.2. The van der Waals surface area contributed by atoms with Crippen LogP contribution in [0.1, 0.15) is 24.5 Å². The molecule has 0 aliphatic heterocycles. The van der Waals surface area contributed by atoms with Gasteiger partial charge in [-0.15, -0.1) is 0 Å². The van der Waals surface area contributed by atoms with E-state index in [9.17, 15) is 21.6 Å². The lowest BCUT2D eigenvalue weighted by Crippen LogP contribution is -2.39. The Balaban J connectivity index is 3.28. The van der Waals surface area contributed by atoms with E-state index < -0.39 is 22.7 Å². The number of hydrogen-bond donors (Lipinski definition) is 1. The van der Waals surface area contributed by atoms with E-state index in [1.165, 1.54) is 6.07 Å². The van der Waals surface area contributed by atoms with Crippen molar-refractivity contribution in [2.45, 2.75) is 37.9 Å². The fourth-order valence-corrected chi connectivity index (χ4v) is 3.71. The predicted molar refractivity (Wildman–Crippen MR) is 74.2 cm³/mol. The fourth-order valence-electron chi connectivity index (χ4n) is 1.92. The minimum absolute atomic E-state index is 0.121. The van der Waals surface area contributed by atoms with Crippen molar-refractivity contribution in [3.05, 3.63) is 29.3 Å². The van der Waals surface area contributed by atoms with Crippen molar-refractivity contribution < 1.29 is 21.6 Å². The van der Waals surface area contributed by atoms with Crippen LogP contribution in [0, 0.1) is 6.92 Å². The van der Waals surface area contributed by atoms with Crippen molar-refractivity contribution in [2.75, 3.05) is 13.1 Å². The van der Waals surface area contributed by atoms with Gasteiger partial charge >= 0.3 is 6.18 Å². The number of nitrogens with two attached hydrogens (primary N) is 1. The smallest absolute Gasteiger partial charge is 0.326 e. The molecule has 0 amide bonds. The number of benzene rings is 1. The fraction of sp³-hybridized carbons (Fsp3) is 0.538. The first-order valence-electron chi connectivity index (χ1n) is 6.48. The SMILES string of the molecule is CCCN(CC(F)(F)F)S(=O)(=O)c1cc(CN)ccc1C. The van der Waals surface area contributed by atoms with Crippen molar-refractivity contribution in [1.82, 2.24) is 4.31 Å². The molecular formula is C13H19F3N2O2S. The van der Waals surface area contributed by atoms with E-state index in [-0.39, 0.29) is 18.0 Å². The third-order valence-corrected chi connectivity index (χ3v) is 4.92. The van der Waals surface area contributed by atoms with Crippen LogP contribution in [-0.4, -0.2) is 32.0 Å². The molecular weight excluding hydrogens is 305 g/mol. The molecule has 2 N–H and O–H groups in total. The lowest BCUT2D eigenvalue weighted by Gasteiger charge is -2.24. The Labute approximate surface area is 122 Å². The number of hydrogen-bond acceptors (Lipinski definition) is 3. The normalized spacial score (nSPS) is 12.9. The highest BCUT2D eigenvalue weighted by atomic mass is 32.2.